The summed E-state index contributed by atoms with van der Waals surface area (Å²) in [6.45, 7) is 10.1. The summed E-state index contributed by atoms with van der Waals surface area (Å²) < 4.78 is 5.77. The lowest BCUT2D eigenvalue weighted by Gasteiger charge is -2.33. The molecule has 39 heavy (non-hydrogen) atoms. The van der Waals surface area contributed by atoms with Crippen molar-refractivity contribution in [2.75, 3.05) is 5.06 Å². The average molecular weight is 520 g/mol. The number of benzene rings is 4. The molecule has 0 saturated heterocycles. The Hall–Kier alpha value is -4.05. The molecule has 1 unspecified atom stereocenters. The van der Waals surface area contributed by atoms with Crippen LogP contribution in [0, 0.1) is 0 Å². The number of carbonyl (C=O) groups is 1. The van der Waals surface area contributed by atoms with Gasteiger partial charge in [-0.2, -0.15) is 0 Å². The van der Waals surface area contributed by atoms with Crippen LogP contribution in [-0.2, 0) is 16.6 Å². The molecule has 0 aromatic heterocycles. The van der Waals surface area contributed by atoms with E-state index in [1.54, 1.807) is 0 Å². The fourth-order valence-corrected chi connectivity index (χ4v) is 5.30. The number of hydroxylamine groups is 1. The first-order valence-corrected chi connectivity index (χ1v) is 13.7. The minimum absolute atomic E-state index is 0.0368. The van der Waals surface area contributed by atoms with Crippen molar-refractivity contribution in [3.05, 3.63) is 131 Å². The van der Waals surface area contributed by atoms with E-state index in [2.05, 4.69) is 74.5 Å². The first-order valence-electron chi connectivity index (χ1n) is 13.7. The number of hydrogen-bond acceptors (Lipinski definition) is 4. The maximum absolute atomic E-state index is 13.3. The molecule has 4 nitrogen and oxygen atoms in total. The second-order valence-electron chi connectivity index (χ2n) is 11.7. The molecule has 200 valence electrons. The quantitative estimate of drug-likeness (QED) is 0.181. The van der Waals surface area contributed by atoms with Gasteiger partial charge in [-0.05, 0) is 80.1 Å². The second-order valence-corrected chi connectivity index (χ2v) is 11.7. The summed E-state index contributed by atoms with van der Waals surface area (Å²) in [6.07, 6.45) is 1.85. The van der Waals surface area contributed by atoms with Crippen LogP contribution in [0.4, 0.5) is 5.69 Å². The molecule has 1 aliphatic rings. The topological polar surface area (TPSA) is 38.8 Å². The minimum atomic E-state index is -0.600. The van der Waals surface area contributed by atoms with Gasteiger partial charge < -0.3 is 9.57 Å². The summed E-state index contributed by atoms with van der Waals surface area (Å²) >= 11 is 0. The van der Waals surface area contributed by atoms with Gasteiger partial charge in [-0.1, -0.05) is 92.7 Å². The van der Waals surface area contributed by atoms with Crippen molar-refractivity contribution in [3.8, 4) is 5.75 Å². The number of carbonyl (C=O) groups excluding carboxylic acids is 1. The molecule has 0 heterocycles. The fourth-order valence-electron chi connectivity index (χ4n) is 5.30. The van der Waals surface area contributed by atoms with Crippen molar-refractivity contribution in [2.45, 2.75) is 64.5 Å². The summed E-state index contributed by atoms with van der Waals surface area (Å²) in [5.74, 6) is 0.351. The first kappa shape index (κ1) is 26.6. The Kier molecular flexibility index (Phi) is 7.22. The molecule has 0 spiro atoms. The van der Waals surface area contributed by atoms with E-state index in [9.17, 15) is 4.79 Å². The number of fused-ring (bicyclic) bond motifs is 1. The zero-order chi connectivity index (χ0) is 27.6. The third kappa shape index (κ3) is 5.70. The number of hydrogen-bond donors (Lipinski definition) is 0. The fraction of sp³-hybridized carbons (Fsp3) is 0.286. The van der Waals surface area contributed by atoms with Gasteiger partial charge in [0, 0.05) is 5.41 Å². The lowest BCUT2D eigenvalue weighted by Crippen LogP contribution is -2.33. The normalized spacial score (nSPS) is 14.9. The standard InChI is InChI=1S/C35H37NO3/c1-34(2,3)38-33(37)30-17-11-12-18-31(30)36(32-24-19-25-13-9-10-16-29(25)32)39-28-22-20-27(21-23-28)35(4,5)26-14-7-6-8-15-26/h6-18,20-23,32H,19,24H2,1-5H3. The van der Waals surface area contributed by atoms with Gasteiger partial charge in [0.2, 0.25) is 0 Å². The summed E-state index contributed by atoms with van der Waals surface area (Å²) in [5, 5.41) is 1.91. The highest BCUT2D eigenvalue weighted by atomic mass is 16.7. The summed E-state index contributed by atoms with van der Waals surface area (Å²) in [4.78, 5) is 19.9. The van der Waals surface area contributed by atoms with Gasteiger partial charge in [0.15, 0.2) is 5.75 Å². The summed E-state index contributed by atoms with van der Waals surface area (Å²) in [5.41, 5.74) is 5.43. The van der Waals surface area contributed by atoms with Crippen LogP contribution in [-0.4, -0.2) is 11.6 Å². The highest BCUT2D eigenvalue weighted by Gasteiger charge is 2.33. The number of esters is 1. The molecule has 0 N–H and O–H groups in total. The van der Waals surface area contributed by atoms with Crippen LogP contribution in [0.2, 0.25) is 0 Å². The number of ether oxygens (including phenoxy) is 1. The molecule has 0 aliphatic heterocycles. The largest absolute Gasteiger partial charge is 0.456 e. The Morgan fingerprint density at radius 3 is 2.08 bits per heavy atom. The van der Waals surface area contributed by atoms with E-state index in [0.29, 0.717) is 17.0 Å². The zero-order valence-corrected chi connectivity index (χ0v) is 23.5. The number of anilines is 1. The molecule has 1 atom stereocenters. The van der Waals surface area contributed by atoms with Crippen molar-refractivity contribution >= 4 is 11.7 Å². The highest BCUT2D eigenvalue weighted by molar-refractivity contribution is 5.96. The summed E-state index contributed by atoms with van der Waals surface area (Å²) in [6, 6.07) is 34.8. The molecule has 4 aromatic carbocycles. The Balaban J connectivity index is 1.51. The van der Waals surface area contributed by atoms with Gasteiger partial charge in [0.05, 0.1) is 17.3 Å². The monoisotopic (exact) mass is 519 g/mol. The van der Waals surface area contributed by atoms with Crippen LogP contribution < -0.4 is 9.90 Å². The van der Waals surface area contributed by atoms with E-state index in [-0.39, 0.29) is 17.4 Å². The molecule has 4 heteroatoms. The lowest BCUT2D eigenvalue weighted by molar-refractivity contribution is 0.00688. The van der Waals surface area contributed by atoms with Crippen LogP contribution in [0.15, 0.2) is 103 Å². The van der Waals surface area contributed by atoms with Gasteiger partial charge in [-0.25, -0.2) is 9.86 Å². The van der Waals surface area contributed by atoms with Crippen molar-refractivity contribution in [2.24, 2.45) is 0 Å². The van der Waals surface area contributed by atoms with E-state index >= 15 is 0 Å². The van der Waals surface area contributed by atoms with Gasteiger partial charge in [0.1, 0.15) is 5.60 Å². The molecular weight excluding hydrogens is 482 g/mol. The summed E-state index contributed by atoms with van der Waals surface area (Å²) in [7, 11) is 0. The molecule has 5 rings (SSSR count). The number of nitrogens with zero attached hydrogens (tertiary/aromatic N) is 1. The molecule has 0 saturated carbocycles. The van der Waals surface area contributed by atoms with Gasteiger partial charge in [-0.15, -0.1) is 0 Å². The molecule has 0 radical (unpaired) electrons. The smallest absolute Gasteiger partial charge is 0.340 e. The average Bonchev–Trinajstić information content (AvgIpc) is 3.35. The van der Waals surface area contributed by atoms with Crippen molar-refractivity contribution < 1.29 is 14.4 Å². The zero-order valence-electron chi connectivity index (χ0n) is 23.5. The maximum atomic E-state index is 13.3. The number of aryl methyl sites for hydroxylation is 1. The Morgan fingerprint density at radius 1 is 0.744 bits per heavy atom. The number of para-hydroxylation sites is 1. The SMILES string of the molecule is CC(C)(C)OC(=O)c1ccccc1N(Oc1ccc(C(C)(C)c2ccccc2)cc1)C1CCc2ccccc21. The van der Waals surface area contributed by atoms with Crippen LogP contribution >= 0.6 is 0 Å². The van der Waals surface area contributed by atoms with E-state index in [4.69, 9.17) is 9.57 Å². The Bertz CT molecular complexity index is 1430. The van der Waals surface area contributed by atoms with E-state index in [1.807, 2.05) is 68.3 Å². The first-order chi connectivity index (χ1) is 18.6. The molecule has 0 amide bonds. The van der Waals surface area contributed by atoms with Crippen LogP contribution in [0.25, 0.3) is 0 Å². The molecule has 0 fully saturated rings. The van der Waals surface area contributed by atoms with Crippen molar-refractivity contribution in [1.29, 1.82) is 0 Å². The van der Waals surface area contributed by atoms with E-state index in [1.165, 1.54) is 22.3 Å². The Labute approximate surface area is 232 Å². The van der Waals surface area contributed by atoms with Crippen molar-refractivity contribution in [3.63, 3.8) is 0 Å². The van der Waals surface area contributed by atoms with Crippen molar-refractivity contribution in [1.82, 2.24) is 0 Å². The third-order valence-corrected chi connectivity index (χ3v) is 7.42. The molecule has 0 bridgehead atoms. The molecule has 4 aromatic rings. The van der Waals surface area contributed by atoms with Gasteiger partial charge in [0.25, 0.3) is 0 Å². The highest BCUT2D eigenvalue weighted by Crippen LogP contribution is 2.41. The van der Waals surface area contributed by atoms with E-state index < -0.39 is 5.60 Å². The third-order valence-electron chi connectivity index (χ3n) is 7.42. The minimum Gasteiger partial charge on any atom is -0.456 e. The predicted molar refractivity (Wildman–Crippen MR) is 157 cm³/mol. The predicted octanol–water partition coefficient (Wildman–Crippen LogP) is 8.46. The number of rotatable bonds is 7. The van der Waals surface area contributed by atoms with Crippen LogP contribution in [0.5, 0.6) is 5.75 Å². The maximum Gasteiger partial charge on any atom is 0.340 e. The lowest BCUT2D eigenvalue weighted by atomic mass is 9.78. The van der Waals surface area contributed by atoms with E-state index in [0.717, 1.165) is 12.8 Å². The van der Waals surface area contributed by atoms with Crippen LogP contribution in [0.3, 0.4) is 0 Å². The second kappa shape index (κ2) is 10.6. The Morgan fingerprint density at radius 2 is 1.36 bits per heavy atom. The molecular formula is C35H37NO3. The van der Waals surface area contributed by atoms with Gasteiger partial charge in [-0.3, -0.25) is 0 Å². The molecule has 1 aliphatic carbocycles. The van der Waals surface area contributed by atoms with Crippen LogP contribution in [0.1, 0.15) is 79.7 Å². The van der Waals surface area contributed by atoms with Gasteiger partial charge >= 0.3 is 5.97 Å².